The number of nitrogens with zero attached hydrogens (tertiary/aromatic N) is 1. The molecule has 4 heteroatoms. The molecule has 0 spiro atoms. The Bertz CT molecular complexity index is 463. The zero-order valence-electron chi connectivity index (χ0n) is 10.1. The van der Waals surface area contributed by atoms with Gasteiger partial charge in [0.15, 0.2) is 6.73 Å². The average Bonchev–Trinajstić information content (AvgIpc) is 2.41. The van der Waals surface area contributed by atoms with Crippen molar-refractivity contribution in [1.82, 2.24) is 4.90 Å². The second-order valence-electron chi connectivity index (χ2n) is 4.91. The van der Waals surface area contributed by atoms with E-state index in [-0.39, 0.29) is 17.3 Å². The monoisotopic (exact) mass is 265 g/mol. The summed E-state index contributed by atoms with van der Waals surface area (Å²) in [6.45, 7) is 0.323. The maximum Gasteiger partial charge on any atom is 0.260 e. The molecule has 0 aromatic heterocycles. The van der Waals surface area contributed by atoms with Crippen LogP contribution in [-0.2, 0) is 0 Å². The van der Waals surface area contributed by atoms with E-state index >= 15 is 0 Å². The second-order valence-corrected chi connectivity index (χ2v) is 5.47. The van der Waals surface area contributed by atoms with Gasteiger partial charge in [0.05, 0.1) is 17.0 Å². The summed E-state index contributed by atoms with van der Waals surface area (Å²) in [7, 11) is 0. The number of carbonyl (C=O) groups excluding carboxylic acids is 1. The molecule has 1 fully saturated rings. The molecule has 1 aliphatic carbocycles. The van der Waals surface area contributed by atoms with Crippen LogP contribution < -0.4 is 4.74 Å². The summed E-state index contributed by atoms with van der Waals surface area (Å²) in [4.78, 5) is 14.2. The predicted octanol–water partition coefficient (Wildman–Crippen LogP) is 3.03. The first kappa shape index (κ1) is 11.8. The zero-order chi connectivity index (χ0) is 12.5. The number of carbonyl (C=O) groups is 1. The number of benzene rings is 1. The first-order valence-corrected chi connectivity index (χ1v) is 6.88. The molecule has 1 saturated carbocycles. The zero-order valence-corrected chi connectivity index (χ0v) is 10.9. The smallest absolute Gasteiger partial charge is 0.260 e. The third-order valence-electron chi connectivity index (χ3n) is 3.79. The van der Waals surface area contributed by atoms with Crippen molar-refractivity contribution in [2.75, 3.05) is 6.73 Å². The fourth-order valence-electron chi connectivity index (χ4n) is 2.79. The molecule has 0 bridgehead atoms. The molecular formula is C14H16ClNO2. The number of hydrogen-bond acceptors (Lipinski definition) is 2. The molecule has 3 nitrogen and oxygen atoms in total. The van der Waals surface area contributed by atoms with E-state index in [4.69, 9.17) is 16.3 Å². The SMILES string of the molecule is O=C1c2ccccc2OCN1[C@@H]1CCCC[C@@H]1Cl. The minimum atomic E-state index is 0.0504. The maximum absolute atomic E-state index is 12.4. The summed E-state index contributed by atoms with van der Waals surface area (Å²) in [5.74, 6) is 0.732. The Morgan fingerprint density at radius 2 is 2.00 bits per heavy atom. The van der Waals surface area contributed by atoms with Gasteiger partial charge in [-0.3, -0.25) is 4.79 Å². The Morgan fingerprint density at radius 3 is 2.83 bits per heavy atom. The minimum absolute atomic E-state index is 0.0504. The lowest BCUT2D eigenvalue weighted by Crippen LogP contribution is -2.50. The number of ether oxygens (including phenoxy) is 1. The first-order valence-electron chi connectivity index (χ1n) is 6.44. The quantitative estimate of drug-likeness (QED) is 0.731. The van der Waals surface area contributed by atoms with E-state index in [1.54, 1.807) is 4.90 Å². The molecule has 1 amide bonds. The van der Waals surface area contributed by atoms with Crippen molar-refractivity contribution in [2.45, 2.75) is 37.1 Å². The lowest BCUT2D eigenvalue weighted by atomic mass is 9.93. The number of alkyl halides is 1. The fourth-order valence-corrected chi connectivity index (χ4v) is 3.20. The molecule has 1 aliphatic heterocycles. The summed E-state index contributed by atoms with van der Waals surface area (Å²) >= 11 is 6.36. The lowest BCUT2D eigenvalue weighted by molar-refractivity contribution is 0.0327. The van der Waals surface area contributed by atoms with Gasteiger partial charge in [-0.2, -0.15) is 0 Å². The van der Waals surface area contributed by atoms with Crippen LogP contribution in [0.2, 0.25) is 0 Å². The van der Waals surface area contributed by atoms with E-state index in [0.717, 1.165) is 25.7 Å². The van der Waals surface area contributed by atoms with Crippen LogP contribution in [0.3, 0.4) is 0 Å². The molecule has 3 rings (SSSR count). The third-order valence-corrected chi connectivity index (χ3v) is 4.29. The van der Waals surface area contributed by atoms with Gasteiger partial charge < -0.3 is 9.64 Å². The van der Waals surface area contributed by atoms with Crippen LogP contribution in [0, 0.1) is 0 Å². The molecule has 2 aliphatic rings. The molecule has 18 heavy (non-hydrogen) atoms. The van der Waals surface area contributed by atoms with Gasteiger partial charge in [0.2, 0.25) is 0 Å². The summed E-state index contributed by atoms with van der Waals surface area (Å²) in [6.07, 6.45) is 4.26. The van der Waals surface area contributed by atoms with Gasteiger partial charge in [0.25, 0.3) is 5.91 Å². The summed E-state index contributed by atoms with van der Waals surface area (Å²) in [5.41, 5.74) is 0.651. The van der Waals surface area contributed by atoms with Crippen molar-refractivity contribution in [1.29, 1.82) is 0 Å². The van der Waals surface area contributed by atoms with Crippen molar-refractivity contribution in [3.63, 3.8) is 0 Å². The highest BCUT2D eigenvalue weighted by molar-refractivity contribution is 6.21. The van der Waals surface area contributed by atoms with Crippen LogP contribution >= 0.6 is 11.6 Å². The van der Waals surface area contributed by atoms with Crippen LogP contribution in [0.4, 0.5) is 0 Å². The van der Waals surface area contributed by atoms with Crippen molar-refractivity contribution >= 4 is 17.5 Å². The number of hydrogen-bond donors (Lipinski definition) is 0. The lowest BCUT2D eigenvalue weighted by Gasteiger charge is -2.39. The van der Waals surface area contributed by atoms with E-state index in [0.29, 0.717) is 18.0 Å². The highest BCUT2D eigenvalue weighted by Crippen LogP contribution is 2.32. The van der Waals surface area contributed by atoms with Gasteiger partial charge in [-0.25, -0.2) is 0 Å². The van der Waals surface area contributed by atoms with Crippen LogP contribution in [0.5, 0.6) is 5.75 Å². The second kappa shape index (κ2) is 4.81. The number of amides is 1. The Labute approximate surface area is 112 Å². The van der Waals surface area contributed by atoms with E-state index in [1.165, 1.54) is 0 Å². The Kier molecular flexibility index (Phi) is 3.16. The molecule has 0 saturated heterocycles. The number of rotatable bonds is 1. The normalized spacial score (nSPS) is 27.6. The van der Waals surface area contributed by atoms with Crippen LogP contribution in [0.25, 0.3) is 0 Å². The maximum atomic E-state index is 12.4. The van der Waals surface area contributed by atoms with Gasteiger partial charge in [-0.1, -0.05) is 25.0 Å². The van der Waals surface area contributed by atoms with Gasteiger partial charge in [-0.05, 0) is 25.0 Å². The summed E-state index contributed by atoms with van der Waals surface area (Å²) < 4.78 is 5.65. The molecule has 1 heterocycles. The molecule has 0 N–H and O–H groups in total. The Morgan fingerprint density at radius 1 is 1.22 bits per heavy atom. The summed E-state index contributed by atoms with van der Waals surface area (Å²) in [5, 5.41) is 0.0524. The van der Waals surface area contributed by atoms with Gasteiger partial charge in [0.1, 0.15) is 5.75 Å². The Balaban J connectivity index is 1.86. The highest BCUT2D eigenvalue weighted by Gasteiger charge is 2.35. The summed E-state index contributed by atoms with van der Waals surface area (Å²) in [6, 6.07) is 7.51. The molecule has 1 aromatic rings. The predicted molar refractivity (Wildman–Crippen MR) is 70.0 cm³/mol. The first-order chi connectivity index (χ1) is 8.77. The van der Waals surface area contributed by atoms with E-state index < -0.39 is 0 Å². The van der Waals surface area contributed by atoms with Crippen LogP contribution in [-0.4, -0.2) is 29.0 Å². The van der Waals surface area contributed by atoms with Gasteiger partial charge >= 0.3 is 0 Å². The van der Waals surface area contributed by atoms with E-state index in [2.05, 4.69) is 0 Å². The van der Waals surface area contributed by atoms with Crippen molar-refractivity contribution in [2.24, 2.45) is 0 Å². The van der Waals surface area contributed by atoms with E-state index in [1.807, 2.05) is 24.3 Å². The molecule has 96 valence electrons. The molecular weight excluding hydrogens is 250 g/mol. The van der Waals surface area contributed by atoms with E-state index in [9.17, 15) is 4.79 Å². The van der Waals surface area contributed by atoms with Crippen molar-refractivity contribution in [3.8, 4) is 5.75 Å². The topological polar surface area (TPSA) is 29.5 Å². The highest BCUT2D eigenvalue weighted by atomic mass is 35.5. The third kappa shape index (κ3) is 1.97. The number of para-hydroxylation sites is 1. The minimum Gasteiger partial charge on any atom is -0.472 e. The fraction of sp³-hybridized carbons (Fsp3) is 0.500. The standard InChI is InChI=1S/C14H16ClNO2/c15-11-6-2-3-7-12(11)16-9-18-13-8-4-1-5-10(13)14(16)17/h1,4-5,8,11-12H,2-3,6-7,9H2/t11-,12+/m0/s1. The molecule has 0 radical (unpaired) electrons. The average molecular weight is 266 g/mol. The van der Waals surface area contributed by atoms with Crippen LogP contribution in [0.15, 0.2) is 24.3 Å². The number of fused-ring (bicyclic) bond motifs is 1. The van der Waals surface area contributed by atoms with Crippen molar-refractivity contribution < 1.29 is 9.53 Å². The van der Waals surface area contributed by atoms with Crippen LogP contribution in [0.1, 0.15) is 36.0 Å². The molecule has 0 unspecified atom stereocenters. The largest absolute Gasteiger partial charge is 0.472 e. The van der Waals surface area contributed by atoms with Gasteiger partial charge in [0, 0.05) is 0 Å². The molecule has 2 atom stereocenters. The van der Waals surface area contributed by atoms with Gasteiger partial charge in [-0.15, -0.1) is 11.6 Å². The Hall–Kier alpha value is -1.22. The molecule has 1 aromatic carbocycles. The number of halogens is 1. The van der Waals surface area contributed by atoms with Crippen molar-refractivity contribution in [3.05, 3.63) is 29.8 Å².